The highest BCUT2D eigenvalue weighted by molar-refractivity contribution is 6.09. The minimum atomic E-state index is -0.469. The first-order valence-corrected chi connectivity index (χ1v) is 11.0. The van der Waals surface area contributed by atoms with E-state index in [0.29, 0.717) is 24.7 Å². The zero-order valence-corrected chi connectivity index (χ0v) is 18.8. The zero-order valence-electron chi connectivity index (χ0n) is 18.8. The summed E-state index contributed by atoms with van der Waals surface area (Å²) in [7, 11) is 0. The van der Waals surface area contributed by atoms with E-state index in [-0.39, 0.29) is 5.57 Å². The van der Waals surface area contributed by atoms with Crippen molar-refractivity contribution in [1.82, 2.24) is 0 Å². The lowest BCUT2D eigenvalue weighted by atomic mass is 10.1. The second-order valence-corrected chi connectivity index (χ2v) is 7.62. The number of rotatable bonds is 8. The molecule has 34 heavy (non-hydrogen) atoms. The van der Waals surface area contributed by atoms with Crippen LogP contribution in [-0.4, -0.2) is 12.5 Å². The quantitative estimate of drug-likeness (QED) is 0.251. The molecule has 0 spiro atoms. The lowest BCUT2D eigenvalue weighted by Crippen LogP contribution is -2.13. The van der Waals surface area contributed by atoms with Crippen LogP contribution in [0.25, 0.3) is 16.8 Å². The Morgan fingerprint density at radius 2 is 1.56 bits per heavy atom. The molecule has 0 fully saturated rings. The number of ether oxygens (including phenoxy) is 2. The zero-order chi connectivity index (χ0) is 23.8. The van der Waals surface area contributed by atoms with Crippen LogP contribution >= 0.6 is 0 Å². The number of hydrogen-bond donors (Lipinski definition) is 1. The number of anilines is 1. The van der Waals surface area contributed by atoms with Gasteiger partial charge in [-0.3, -0.25) is 4.79 Å². The highest BCUT2D eigenvalue weighted by Gasteiger charge is 2.10. The van der Waals surface area contributed by atoms with Crippen molar-refractivity contribution in [1.29, 1.82) is 5.26 Å². The maximum Gasteiger partial charge on any atom is 0.266 e. The third-order valence-corrected chi connectivity index (χ3v) is 5.20. The van der Waals surface area contributed by atoms with E-state index in [1.54, 1.807) is 30.3 Å². The van der Waals surface area contributed by atoms with Gasteiger partial charge < -0.3 is 14.8 Å². The number of amides is 1. The van der Waals surface area contributed by atoms with Crippen molar-refractivity contribution in [3.63, 3.8) is 0 Å². The molecular formula is C29H24N2O3. The highest BCUT2D eigenvalue weighted by Crippen LogP contribution is 2.20. The summed E-state index contributed by atoms with van der Waals surface area (Å²) in [6.07, 6.45) is 1.55. The van der Waals surface area contributed by atoms with E-state index in [2.05, 4.69) is 35.6 Å². The Bertz CT molecular complexity index is 1350. The van der Waals surface area contributed by atoms with Gasteiger partial charge in [-0.05, 0) is 77.4 Å². The third-order valence-electron chi connectivity index (χ3n) is 5.20. The number of nitriles is 1. The normalized spacial score (nSPS) is 11.0. The SMILES string of the molecule is CCOc1ccc(NC(=O)/C(C#N)=C\c2ccc(OCc3ccc4ccccc4c3)cc2)cc1. The van der Waals surface area contributed by atoms with E-state index in [1.807, 2.05) is 49.4 Å². The number of nitrogens with zero attached hydrogens (tertiary/aromatic N) is 1. The number of hydrogen-bond acceptors (Lipinski definition) is 4. The van der Waals surface area contributed by atoms with E-state index < -0.39 is 5.91 Å². The topological polar surface area (TPSA) is 71.3 Å². The van der Waals surface area contributed by atoms with Gasteiger partial charge in [0.15, 0.2) is 0 Å². The van der Waals surface area contributed by atoms with E-state index >= 15 is 0 Å². The number of fused-ring (bicyclic) bond motifs is 1. The molecule has 0 aromatic heterocycles. The molecule has 168 valence electrons. The van der Waals surface area contributed by atoms with Crippen molar-refractivity contribution in [3.05, 3.63) is 108 Å². The van der Waals surface area contributed by atoms with Crippen LogP contribution < -0.4 is 14.8 Å². The minimum Gasteiger partial charge on any atom is -0.494 e. The first-order chi connectivity index (χ1) is 16.6. The maximum atomic E-state index is 12.5. The van der Waals surface area contributed by atoms with Gasteiger partial charge in [0.05, 0.1) is 6.61 Å². The second kappa shape index (κ2) is 10.8. The number of benzene rings is 4. The molecule has 0 aliphatic heterocycles. The average Bonchev–Trinajstić information content (AvgIpc) is 2.88. The molecule has 0 aliphatic rings. The molecule has 1 amide bonds. The Balaban J connectivity index is 1.37. The fraction of sp³-hybridized carbons (Fsp3) is 0.103. The average molecular weight is 449 g/mol. The summed E-state index contributed by atoms with van der Waals surface area (Å²) >= 11 is 0. The molecule has 0 heterocycles. The van der Waals surface area contributed by atoms with Gasteiger partial charge >= 0.3 is 0 Å². The first-order valence-electron chi connectivity index (χ1n) is 11.0. The van der Waals surface area contributed by atoms with Crippen LogP contribution in [0.3, 0.4) is 0 Å². The smallest absolute Gasteiger partial charge is 0.266 e. The van der Waals surface area contributed by atoms with Crippen molar-refractivity contribution in [2.45, 2.75) is 13.5 Å². The molecule has 0 saturated carbocycles. The van der Waals surface area contributed by atoms with Crippen LogP contribution in [-0.2, 0) is 11.4 Å². The summed E-state index contributed by atoms with van der Waals surface area (Å²) in [5.41, 5.74) is 2.42. The van der Waals surface area contributed by atoms with Gasteiger partial charge in [-0.1, -0.05) is 48.5 Å². The number of carbonyl (C=O) groups excluding carboxylic acids is 1. The van der Waals surface area contributed by atoms with Gasteiger partial charge in [0.25, 0.3) is 5.91 Å². The molecule has 0 radical (unpaired) electrons. The van der Waals surface area contributed by atoms with Crippen molar-refractivity contribution < 1.29 is 14.3 Å². The molecule has 0 bridgehead atoms. The van der Waals surface area contributed by atoms with Gasteiger partial charge in [0, 0.05) is 5.69 Å². The standard InChI is InChI=1S/C29H24N2O3/c1-2-33-27-15-11-26(12-16-27)31-29(32)25(19-30)17-21-8-13-28(14-9-21)34-20-22-7-10-23-5-3-4-6-24(23)18-22/h3-18H,2,20H2,1H3,(H,31,32)/b25-17-. The van der Waals surface area contributed by atoms with Gasteiger partial charge in [-0.2, -0.15) is 5.26 Å². The summed E-state index contributed by atoms with van der Waals surface area (Å²) in [5.74, 6) is 0.963. The molecule has 0 unspecified atom stereocenters. The molecular weight excluding hydrogens is 424 g/mol. The predicted octanol–water partition coefficient (Wildman–Crippen LogP) is 6.36. The van der Waals surface area contributed by atoms with Crippen LogP contribution in [0.1, 0.15) is 18.1 Å². The fourth-order valence-corrected chi connectivity index (χ4v) is 3.47. The molecule has 5 nitrogen and oxygen atoms in total. The molecule has 0 saturated heterocycles. The van der Waals surface area contributed by atoms with Crippen LogP contribution in [0.4, 0.5) is 5.69 Å². The molecule has 4 aromatic rings. The van der Waals surface area contributed by atoms with E-state index in [1.165, 1.54) is 10.8 Å². The monoisotopic (exact) mass is 448 g/mol. The molecule has 4 rings (SSSR count). The maximum absolute atomic E-state index is 12.5. The Labute approximate surface area is 198 Å². The van der Waals surface area contributed by atoms with Crippen LogP contribution in [0.2, 0.25) is 0 Å². The van der Waals surface area contributed by atoms with Gasteiger partial charge in [0.2, 0.25) is 0 Å². The Hall–Kier alpha value is -4.56. The van der Waals surface area contributed by atoms with Crippen LogP contribution in [0.5, 0.6) is 11.5 Å². The van der Waals surface area contributed by atoms with Crippen molar-refractivity contribution in [3.8, 4) is 17.6 Å². The number of nitrogens with one attached hydrogen (secondary N) is 1. The van der Waals surface area contributed by atoms with E-state index in [0.717, 1.165) is 16.9 Å². The van der Waals surface area contributed by atoms with Crippen molar-refractivity contribution in [2.24, 2.45) is 0 Å². The van der Waals surface area contributed by atoms with Crippen LogP contribution in [0.15, 0.2) is 96.6 Å². The van der Waals surface area contributed by atoms with Crippen LogP contribution in [0, 0.1) is 11.3 Å². The summed E-state index contributed by atoms with van der Waals surface area (Å²) in [5, 5.41) is 14.6. The summed E-state index contributed by atoms with van der Waals surface area (Å²) in [6, 6.07) is 30.7. The largest absolute Gasteiger partial charge is 0.494 e. The van der Waals surface area contributed by atoms with Crippen molar-refractivity contribution in [2.75, 3.05) is 11.9 Å². The molecule has 1 N–H and O–H groups in total. The minimum absolute atomic E-state index is 0.0127. The predicted molar refractivity (Wildman–Crippen MR) is 135 cm³/mol. The van der Waals surface area contributed by atoms with E-state index in [4.69, 9.17) is 9.47 Å². The molecule has 0 atom stereocenters. The van der Waals surface area contributed by atoms with Gasteiger partial charge in [-0.15, -0.1) is 0 Å². The Morgan fingerprint density at radius 1 is 0.882 bits per heavy atom. The molecule has 4 aromatic carbocycles. The molecule has 0 aliphatic carbocycles. The van der Waals surface area contributed by atoms with Crippen molar-refractivity contribution >= 4 is 28.4 Å². The molecule has 5 heteroatoms. The summed E-state index contributed by atoms with van der Waals surface area (Å²) in [4.78, 5) is 12.5. The summed E-state index contributed by atoms with van der Waals surface area (Å²) < 4.78 is 11.3. The highest BCUT2D eigenvalue weighted by atomic mass is 16.5. The lowest BCUT2D eigenvalue weighted by Gasteiger charge is -2.08. The van der Waals surface area contributed by atoms with Gasteiger partial charge in [-0.25, -0.2) is 0 Å². The van der Waals surface area contributed by atoms with E-state index in [9.17, 15) is 10.1 Å². The Kier molecular flexibility index (Phi) is 7.22. The summed E-state index contributed by atoms with van der Waals surface area (Å²) in [6.45, 7) is 2.93. The number of carbonyl (C=O) groups is 1. The Morgan fingerprint density at radius 3 is 2.26 bits per heavy atom. The van der Waals surface area contributed by atoms with Gasteiger partial charge in [0.1, 0.15) is 29.7 Å². The first kappa shape index (κ1) is 22.6. The fourth-order valence-electron chi connectivity index (χ4n) is 3.47. The second-order valence-electron chi connectivity index (χ2n) is 7.62. The lowest BCUT2D eigenvalue weighted by molar-refractivity contribution is -0.112. The third kappa shape index (κ3) is 5.81.